The third-order valence-corrected chi connectivity index (χ3v) is 5.78. The topological polar surface area (TPSA) is 164 Å². The molecule has 1 saturated heterocycles. The van der Waals surface area contributed by atoms with Crippen LogP contribution in [0, 0.1) is 0 Å². The average molecular weight is 491 g/mol. The molecule has 0 radical (unpaired) electrons. The zero-order chi connectivity index (χ0) is 25.3. The molecule has 0 bridgehead atoms. The highest BCUT2D eigenvalue weighted by Gasteiger charge is 2.36. The van der Waals surface area contributed by atoms with E-state index >= 15 is 0 Å². The van der Waals surface area contributed by atoms with Gasteiger partial charge in [-0.05, 0) is 29.7 Å². The van der Waals surface area contributed by atoms with Crippen LogP contribution in [0.5, 0.6) is 5.75 Å². The summed E-state index contributed by atoms with van der Waals surface area (Å²) in [6.45, 7) is 1.61. The minimum absolute atomic E-state index is 0.0626. The van der Waals surface area contributed by atoms with Gasteiger partial charge in [0.1, 0.15) is 24.4 Å². The summed E-state index contributed by atoms with van der Waals surface area (Å²) in [5.41, 5.74) is 7.47. The van der Waals surface area contributed by atoms with E-state index < -0.39 is 40.2 Å². The molecular formula is C23H26N2O8S. The van der Waals surface area contributed by atoms with Gasteiger partial charge in [0.2, 0.25) is 16.2 Å². The summed E-state index contributed by atoms with van der Waals surface area (Å²) in [4.78, 5) is 33.4. The first-order chi connectivity index (χ1) is 16.1. The lowest BCUT2D eigenvalue weighted by Gasteiger charge is -2.17. The third-order valence-electron chi connectivity index (χ3n) is 5.01. The molecule has 10 nitrogen and oxygen atoms in total. The maximum atomic E-state index is 11.0. The van der Waals surface area contributed by atoms with Crippen LogP contribution >= 0.6 is 0 Å². The van der Waals surface area contributed by atoms with Gasteiger partial charge >= 0.3 is 11.9 Å². The van der Waals surface area contributed by atoms with Gasteiger partial charge in [-0.3, -0.25) is 9.59 Å². The standard InChI is InChI=1S/C16H17NO3.C7H9NO5S/c17-15(16(18)19)10-12-6-8-14(9-7-12)20-11-13-4-2-1-3-5-13;1-4(9)8-3-5(14(12)13)2-6(8)7(10)11/h1-9,15H,10-11,17H2,(H,18,19);6H,2-3H2,1H3,(H,10,11)/t15-;6-/m00/s1. The van der Waals surface area contributed by atoms with Crippen LogP contribution in [0.3, 0.4) is 0 Å². The molecule has 1 fully saturated rings. The Morgan fingerprint density at radius 2 is 1.68 bits per heavy atom. The van der Waals surface area contributed by atoms with Crippen LogP contribution in [0.15, 0.2) is 54.6 Å². The van der Waals surface area contributed by atoms with Crippen LogP contribution < -0.4 is 10.5 Å². The zero-order valence-corrected chi connectivity index (χ0v) is 19.3. The Labute approximate surface area is 198 Å². The number of likely N-dealkylation sites (tertiary alicyclic amines) is 1. The first-order valence-corrected chi connectivity index (χ1v) is 11.3. The largest absolute Gasteiger partial charge is 0.489 e. The molecule has 2 atom stereocenters. The summed E-state index contributed by atoms with van der Waals surface area (Å²) in [5, 5.41) is 17.5. The van der Waals surface area contributed by atoms with Crippen molar-refractivity contribution in [3.63, 3.8) is 0 Å². The van der Waals surface area contributed by atoms with Crippen LogP contribution in [0.2, 0.25) is 0 Å². The van der Waals surface area contributed by atoms with Gasteiger partial charge in [-0.2, -0.15) is 8.42 Å². The fraction of sp³-hybridized carbons (Fsp3) is 0.304. The second-order valence-electron chi connectivity index (χ2n) is 7.55. The number of rotatable bonds is 7. The highest BCUT2D eigenvalue weighted by molar-refractivity contribution is 7.73. The van der Waals surface area contributed by atoms with E-state index in [2.05, 4.69) is 0 Å². The van der Waals surface area contributed by atoms with Crippen molar-refractivity contribution in [2.75, 3.05) is 6.54 Å². The molecule has 1 amide bonds. The van der Waals surface area contributed by atoms with Crippen LogP contribution in [0.4, 0.5) is 0 Å². The third kappa shape index (κ3) is 8.01. The number of benzene rings is 2. The van der Waals surface area contributed by atoms with Gasteiger partial charge in [0, 0.05) is 13.3 Å². The predicted molar refractivity (Wildman–Crippen MR) is 124 cm³/mol. The Balaban J connectivity index is 0.000000257. The summed E-state index contributed by atoms with van der Waals surface area (Å²) in [7, 11) is -2.41. The average Bonchev–Trinajstić information content (AvgIpc) is 3.26. The summed E-state index contributed by atoms with van der Waals surface area (Å²) in [5.74, 6) is -1.85. The number of carboxylic acids is 2. The van der Waals surface area contributed by atoms with Crippen molar-refractivity contribution in [1.29, 1.82) is 0 Å². The van der Waals surface area contributed by atoms with Gasteiger partial charge in [0.25, 0.3) is 0 Å². The maximum Gasteiger partial charge on any atom is 0.326 e. The van der Waals surface area contributed by atoms with Crippen molar-refractivity contribution in [1.82, 2.24) is 4.90 Å². The van der Waals surface area contributed by atoms with E-state index in [0.717, 1.165) is 21.8 Å². The fourth-order valence-electron chi connectivity index (χ4n) is 3.17. The molecule has 2 aromatic carbocycles. The smallest absolute Gasteiger partial charge is 0.326 e. The number of carbonyl (C=O) groups is 3. The van der Waals surface area contributed by atoms with Gasteiger partial charge in [0.05, 0.1) is 11.4 Å². The Hall–Kier alpha value is -3.70. The number of carboxylic acid groups (broad SMARTS) is 2. The molecule has 0 unspecified atom stereocenters. The molecule has 0 spiro atoms. The van der Waals surface area contributed by atoms with E-state index in [9.17, 15) is 22.8 Å². The highest BCUT2D eigenvalue weighted by atomic mass is 32.2. The minimum Gasteiger partial charge on any atom is -0.489 e. The van der Waals surface area contributed by atoms with Gasteiger partial charge in [-0.15, -0.1) is 0 Å². The lowest BCUT2D eigenvalue weighted by Crippen LogP contribution is -2.39. The van der Waals surface area contributed by atoms with Gasteiger partial charge in [0.15, 0.2) is 0 Å². The molecule has 11 heteroatoms. The number of amides is 1. The number of carbonyl (C=O) groups excluding carboxylic acids is 1. The number of aliphatic carboxylic acids is 2. The molecule has 3 rings (SSSR count). The first-order valence-electron chi connectivity index (χ1n) is 10.3. The molecule has 0 saturated carbocycles. The van der Waals surface area contributed by atoms with Crippen molar-refractivity contribution in [2.24, 2.45) is 5.73 Å². The van der Waals surface area contributed by atoms with Crippen molar-refractivity contribution in [3.05, 3.63) is 65.7 Å². The summed E-state index contributed by atoms with van der Waals surface area (Å²) < 4.78 is 26.8. The normalized spacial score (nSPS) is 15.6. The number of nitrogens with two attached hydrogens (primary N) is 1. The van der Waals surface area contributed by atoms with Crippen molar-refractivity contribution < 1.29 is 37.8 Å². The monoisotopic (exact) mass is 490 g/mol. The molecular weight excluding hydrogens is 464 g/mol. The fourth-order valence-corrected chi connectivity index (χ4v) is 3.71. The molecule has 2 aromatic rings. The van der Waals surface area contributed by atoms with Crippen molar-refractivity contribution in [2.45, 2.75) is 38.5 Å². The van der Waals surface area contributed by atoms with E-state index in [-0.39, 0.29) is 17.8 Å². The number of nitrogens with zero attached hydrogens (tertiary/aromatic N) is 1. The van der Waals surface area contributed by atoms with E-state index in [1.54, 1.807) is 0 Å². The second-order valence-corrected chi connectivity index (χ2v) is 8.59. The zero-order valence-electron chi connectivity index (χ0n) is 18.5. The van der Waals surface area contributed by atoms with Gasteiger partial charge in [-0.1, -0.05) is 42.5 Å². The van der Waals surface area contributed by atoms with E-state index in [1.165, 1.54) is 6.92 Å². The van der Waals surface area contributed by atoms with Crippen LogP contribution in [0.25, 0.3) is 0 Å². The second kappa shape index (κ2) is 12.5. The Kier molecular flexibility index (Phi) is 9.77. The number of hydrogen-bond donors (Lipinski definition) is 3. The van der Waals surface area contributed by atoms with Crippen molar-refractivity contribution in [3.8, 4) is 5.75 Å². The molecule has 4 N–H and O–H groups in total. The molecule has 1 aliphatic rings. The predicted octanol–water partition coefficient (Wildman–Crippen LogP) is 0.963. The highest BCUT2D eigenvalue weighted by Crippen LogP contribution is 2.16. The minimum atomic E-state index is -2.41. The van der Waals surface area contributed by atoms with Crippen LogP contribution in [-0.4, -0.2) is 64.9 Å². The summed E-state index contributed by atoms with van der Waals surface area (Å²) in [6.07, 6.45) is 0.208. The number of hydrogen-bond acceptors (Lipinski definition) is 7. The lowest BCUT2D eigenvalue weighted by atomic mass is 10.1. The maximum absolute atomic E-state index is 11.0. The summed E-state index contributed by atoms with van der Waals surface area (Å²) in [6, 6.07) is 15.3. The molecule has 0 aliphatic carbocycles. The SMILES string of the molecule is CC(=O)N1CC(=S(=O)=O)C[C@H]1C(=O)O.N[C@@H](Cc1ccc(OCc2ccccc2)cc1)C(=O)O. The molecule has 1 heterocycles. The van der Waals surface area contributed by atoms with E-state index in [4.69, 9.17) is 20.7 Å². The Morgan fingerprint density at radius 3 is 2.15 bits per heavy atom. The quantitative estimate of drug-likeness (QED) is 0.480. The summed E-state index contributed by atoms with van der Waals surface area (Å²) >= 11 is 0. The van der Waals surface area contributed by atoms with Crippen LogP contribution in [0.1, 0.15) is 24.5 Å². The molecule has 1 aliphatic heterocycles. The van der Waals surface area contributed by atoms with E-state index in [1.807, 2.05) is 54.6 Å². The van der Waals surface area contributed by atoms with Gasteiger partial charge < -0.3 is 25.6 Å². The van der Waals surface area contributed by atoms with Gasteiger partial charge in [-0.25, -0.2) is 4.79 Å². The first kappa shape index (κ1) is 26.6. The number of ether oxygens (including phenoxy) is 1. The molecule has 182 valence electrons. The Bertz CT molecular complexity index is 1120. The van der Waals surface area contributed by atoms with Crippen molar-refractivity contribution >= 4 is 33.0 Å². The molecule has 34 heavy (non-hydrogen) atoms. The van der Waals surface area contributed by atoms with Crippen LogP contribution in [-0.2, 0) is 37.7 Å². The Morgan fingerprint density at radius 1 is 1.06 bits per heavy atom. The molecule has 0 aromatic heterocycles. The lowest BCUT2D eigenvalue weighted by molar-refractivity contribution is -0.147. The van der Waals surface area contributed by atoms with E-state index in [0.29, 0.717) is 13.0 Å².